The first-order chi connectivity index (χ1) is 6.66. The zero-order valence-corrected chi connectivity index (χ0v) is 10.4. The van der Waals surface area contributed by atoms with Crippen LogP contribution >= 0.6 is 15.6 Å². The number of hydrogen-bond donors (Lipinski definition) is 3. The maximum atomic E-state index is 10.9. The fraction of sp³-hybridized carbons (Fsp3) is 1.00. The Kier molecular flexibility index (Phi) is 6.21. The van der Waals surface area contributed by atoms with Crippen LogP contribution in [0.3, 0.4) is 0 Å². The lowest BCUT2D eigenvalue weighted by molar-refractivity contribution is 0.170. The second-order valence-corrected chi connectivity index (χ2v) is 6.01. The first-order valence-electron chi connectivity index (χ1n) is 4.40. The van der Waals surface area contributed by atoms with E-state index in [4.69, 9.17) is 14.7 Å². The summed E-state index contributed by atoms with van der Waals surface area (Å²) in [5.41, 5.74) is 0. The zero-order valence-electron chi connectivity index (χ0n) is 8.57. The summed E-state index contributed by atoms with van der Waals surface area (Å²) >= 11 is 0. The standard InChI is InChI=1S/C6H16O7P2/c1-3-6(2)4-5-12-15(10,11)13-14(7,8)9/h6H,3-5H2,1-2H3,(H,10,11)(H2,7,8,9). The Morgan fingerprint density at radius 2 is 1.80 bits per heavy atom. The van der Waals surface area contributed by atoms with Crippen molar-refractivity contribution in [2.24, 2.45) is 5.92 Å². The molecule has 2 unspecified atom stereocenters. The van der Waals surface area contributed by atoms with Crippen LogP contribution in [-0.4, -0.2) is 21.3 Å². The van der Waals surface area contributed by atoms with Crippen LogP contribution in [0.4, 0.5) is 0 Å². The predicted octanol–water partition coefficient (Wildman–Crippen LogP) is 1.65. The summed E-state index contributed by atoms with van der Waals surface area (Å²) in [4.78, 5) is 25.4. The van der Waals surface area contributed by atoms with Gasteiger partial charge in [0.15, 0.2) is 0 Å². The quantitative estimate of drug-likeness (QED) is 0.597. The Labute approximate surface area is 88.3 Å². The van der Waals surface area contributed by atoms with E-state index in [2.05, 4.69) is 8.83 Å². The molecule has 0 aliphatic rings. The molecule has 0 aliphatic carbocycles. The van der Waals surface area contributed by atoms with Crippen molar-refractivity contribution in [1.82, 2.24) is 0 Å². The van der Waals surface area contributed by atoms with Gasteiger partial charge in [-0.25, -0.2) is 9.13 Å². The molecule has 0 amide bonds. The third kappa shape index (κ3) is 9.20. The van der Waals surface area contributed by atoms with Crippen LogP contribution in [0, 0.1) is 5.92 Å². The van der Waals surface area contributed by atoms with E-state index in [9.17, 15) is 9.13 Å². The van der Waals surface area contributed by atoms with Crippen LogP contribution in [0.15, 0.2) is 0 Å². The Hall–Kier alpha value is 0.260. The third-order valence-corrected chi connectivity index (χ3v) is 3.96. The van der Waals surface area contributed by atoms with Gasteiger partial charge in [0.05, 0.1) is 6.61 Å². The maximum absolute atomic E-state index is 10.9. The molecule has 0 aliphatic heterocycles. The van der Waals surface area contributed by atoms with E-state index in [1.54, 1.807) is 0 Å². The molecule has 7 nitrogen and oxygen atoms in total. The van der Waals surface area contributed by atoms with Crippen LogP contribution in [0.2, 0.25) is 0 Å². The molecule has 0 aromatic rings. The lowest BCUT2D eigenvalue weighted by atomic mass is 10.1. The Bertz CT molecular complexity index is 273. The van der Waals surface area contributed by atoms with Crippen molar-refractivity contribution in [3.8, 4) is 0 Å². The average Bonchev–Trinajstić information content (AvgIpc) is 1.98. The molecule has 0 radical (unpaired) electrons. The van der Waals surface area contributed by atoms with Crippen LogP contribution in [-0.2, 0) is 18.0 Å². The number of phosphoric ester groups is 1. The van der Waals surface area contributed by atoms with Crippen molar-refractivity contribution in [1.29, 1.82) is 0 Å². The van der Waals surface area contributed by atoms with Crippen molar-refractivity contribution in [2.45, 2.75) is 26.7 Å². The highest BCUT2D eigenvalue weighted by Crippen LogP contribution is 2.57. The van der Waals surface area contributed by atoms with E-state index in [1.807, 2.05) is 13.8 Å². The largest absolute Gasteiger partial charge is 0.481 e. The fourth-order valence-corrected chi connectivity index (χ4v) is 2.33. The second kappa shape index (κ2) is 6.11. The molecule has 2 atom stereocenters. The van der Waals surface area contributed by atoms with Gasteiger partial charge < -0.3 is 14.7 Å². The van der Waals surface area contributed by atoms with Gasteiger partial charge >= 0.3 is 15.6 Å². The summed E-state index contributed by atoms with van der Waals surface area (Å²) in [6.45, 7) is 3.80. The predicted molar refractivity (Wildman–Crippen MR) is 53.0 cm³/mol. The second-order valence-electron chi connectivity index (χ2n) is 3.18. The van der Waals surface area contributed by atoms with Gasteiger partial charge in [0.1, 0.15) is 0 Å². The number of hydrogen-bond acceptors (Lipinski definition) is 4. The van der Waals surface area contributed by atoms with Crippen LogP contribution in [0.5, 0.6) is 0 Å². The molecular formula is C6H16O7P2. The summed E-state index contributed by atoms with van der Waals surface area (Å²) in [6, 6.07) is 0. The molecule has 0 saturated heterocycles. The molecule has 9 heteroatoms. The first-order valence-corrected chi connectivity index (χ1v) is 7.43. The van der Waals surface area contributed by atoms with Crippen molar-refractivity contribution in [3.63, 3.8) is 0 Å². The normalized spacial score (nSPS) is 18.5. The van der Waals surface area contributed by atoms with Gasteiger partial charge in [0.25, 0.3) is 0 Å². The van der Waals surface area contributed by atoms with Crippen molar-refractivity contribution >= 4 is 15.6 Å². The summed E-state index contributed by atoms with van der Waals surface area (Å²) in [5, 5.41) is 0. The average molecular weight is 262 g/mol. The molecule has 0 aromatic heterocycles. The molecule has 92 valence electrons. The third-order valence-electron chi connectivity index (χ3n) is 1.77. The van der Waals surface area contributed by atoms with Gasteiger partial charge in [-0.15, -0.1) is 0 Å². The van der Waals surface area contributed by atoms with Crippen molar-refractivity contribution in [3.05, 3.63) is 0 Å². The molecule has 0 heterocycles. The van der Waals surface area contributed by atoms with Crippen LogP contribution in [0.25, 0.3) is 0 Å². The van der Waals surface area contributed by atoms with Gasteiger partial charge in [-0.1, -0.05) is 20.3 Å². The smallest absolute Gasteiger partial charge is 0.302 e. The van der Waals surface area contributed by atoms with Crippen LogP contribution < -0.4 is 0 Å². The molecule has 0 spiro atoms. The SMILES string of the molecule is CCC(C)CCOP(=O)(O)OP(=O)(O)O. The molecule has 15 heavy (non-hydrogen) atoms. The van der Waals surface area contributed by atoms with E-state index < -0.39 is 15.6 Å². The highest BCUT2D eigenvalue weighted by molar-refractivity contribution is 7.60. The molecular weight excluding hydrogens is 246 g/mol. The molecule has 3 N–H and O–H groups in total. The summed E-state index contributed by atoms with van der Waals surface area (Å²) in [6.07, 6.45) is 1.41. The Morgan fingerprint density at radius 1 is 1.27 bits per heavy atom. The number of rotatable bonds is 7. The highest BCUT2D eigenvalue weighted by Gasteiger charge is 2.32. The minimum absolute atomic E-state index is 0.0806. The monoisotopic (exact) mass is 262 g/mol. The van der Waals surface area contributed by atoms with Gasteiger partial charge in [-0.2, -0.15) is 4.31 Å². The van der Waals surface area contributed by atoms with E-state index >= 15 is 0 Å². The van der Waals surface area contributed by atoms with Crippen molar-refractivity contribution in [2.75, 3.05) is 6.61 Å². The fourth-order valence-electron chi connectivity index (χ4n) is 0.731. The molecule has 0 fully saturated rings. The van der Waals surface area contributed by atoms with E-state index in [0.717, 1.165) is 6.42 Å². The van der Waals surface area contributed by atoms with Crippen molar-refractivity contribution < 1.29 is 32.6 Å². The highest BCUT2D eigenvalue weighted by atomic mass is 31.3. The van der Waals surface area contributed by atoms with Gasteiger partial charge in [-0.3, -0.25) is 4.52 Å². The van der Waals surface area contributed by atoms with Gasteiger partial charge in [-0.05, 0) is 12.3 Å². The van der Waals surface area contributed by atoms with E-state index in [0.29, 0.717) is 12.3 Å². The number of phosphoric acid groups is 2. The molecule has 0 bridgehead atoms. The zero-order chi connectivity index (χ0) is 12.1. The molecule has 0 rings (SSSR count). The molecule has 0 saturated carbocycles. The van der Waals surface area contributed by atoms with Crippen LogP contribution in [0.1, 0.15) is 26.7 Å². The lowest BCUT2D eigenvalue weighted by Crippen LogP contribution is -2.01. The lowest BCUT2D eigenvalue weighted by Gasteiger charge is -2.13. The Morgan fingerprint density at radius 3 is 2.20 bits per heavy atom. The topological polar surface area (TPSA) is 113 Å². The minimum atomic E-state index is -5.00. The molecule has 0 aromatic carbocycles. The summed E-state index contributed by atoms with van der Waals surface area (Å²) < 4.78 is 29.1. The summed E-state index contributed by atoms with van der Waals surface area (Å²) in [7, 11) is -9.64. The summed E-state index contributed by atoms with van der Waals surface area (Å²) in [5.74, 6) is 0.306. The maximum Gasteiger partial charge on any atom is 0.481 e. The Balaban J connectivity index is 3.95. The van der Waals surface area contributed by atoms with E-state index in [-0.39, 0.29) is 6.61 Å². The van der Waals surface area contributed by atoms with Gasteiger partial charge in [0, 0.05) is 0 Å². The first kappa shape index (κ1) is 15.3. The van der Waals surface area contributed by atoms with E-state index in [1.165, 1.54) is 0 Å². The van der Waals surface area contributed by atoms with Gasteiger partial charge in [0.2, 0.25) is 0 Å². The minimum Gasteiger partial charge on any atom is -0.302 e.